The first-order valence-corrected chi connectivity index (χ1v) is 4.48. The standard InChI is InChI=1S/C7H9FIN3/c1-4(2-10)7-11-3-5(8)6(9)12-7/h2H,3,10H2,1H3,(H,11,12)/b4-2+. The lowest BCUT2D eigenvalue weighted by Crippen LogP contribution is -2.29. The molecule has 66 valence electrons. The number of rotatable bonds is 1. The lowest BCUT2D eigenvalue weighted by molar-refractivity contribution is 0.594. The molecule has 1 heterocycles. The van der Waals surface area contributed by atoms with Crippen molar-refractivity contribution in [3.05, 3.63) is 21.3 Å². The fourth-order valence-electron chi connectivity index (χ4n) is 0.739. The Hall–Kier alpha value is -0.590. The number of nitrogens with two attached hydrogens (primary N) is 1. The van der Waals surface area contributed by atoms with Crippen molar-refractivity contribution in [1.82, 2.24) is 5.32 Å². The Kier molecular flexibility index (Phi) is 3.07. The molecule has 12 heavy (non-hydrogen) atoms. The van der Waals surface area contributed by atoms with Crippen LogP contribution in [0.15, 0.2) is 26.3 Å². The van der Waals surface area contributed by atoms with Crippen molar-refractivity contribution < 1.29 is 4.39 Å². The van der Waals surface area contributed by atoms with Crippen molar-refractivity contribution in [3.8, 4) is 0 Å². The van der Waals surface area contributed by atoms with Crippen molar-refractivity contribution >= 4 is 28.4 Å². The van der Waals surface area contributed by atoms with Crippen LogP contribution in [0.2, 0.25) is 0 Å². The molecule has 0 amide bonds. The van der Waals surface area contributed by atoms with Crippen LogP contribution in [-0.2, 0) is 0 Å². The maximum Gasteiger partial charge on any atom is 0.151 e. The Morgan fingerprint density at radius 3 is 3.00 bits per heavy atom. The van der Waals surface area contributed by atoms with Gasteiger partial charge in [-0.15, -0.1) is 0 Å². The van der Waals surface area contributed by atoms with Gasteiger partial charge in [0, 0.05) is 11.8 Å². The third kappa shape index (κ3) is 1.96. The zero-order valence-corrected chi connectivity index (χ0v) is 8.72. The van der Waals surface area contributed by atoms with Gasteiger partial charge in [-0.1, -0.05) is 0 Å². The lowest BCUT2D eigenvalue weighted by Gasteiger charge is -2.13. The maximum absolute atomic E-state index is 12.8. The molecule has 5 heteroatoms. The van der Waals surface area contributed by atoms with Gasteiger partial charge in [-0.3, -0.25) is 0 Å². The molecule has 0 aromatic carbocycles. The molecule has 1 rings (SSSR count). The number of aliphatic imine (C=N–C) groups is 1. The molecule has 0 aromatic heterocycles. The molecule has 0 aromatic rings. The molecule has 0 aliphatic carbocycles. The first-order chi connectivity index (χ1) is 5.65. The van der Waals surface area contributed by atoms with E-state index in [2.05, 4.69) is 10.3 Å². The third-order valence-corrected chi connectivity index (χ3v) is 2.29. The number of halogens is 2. The summed E-state index contributed by atoms with van der Waals surface area (Å²) in [6.45, 7) is 2.02. The molecule has 3 N–H and O–H groups in total. The van der Waals surface area contributed by atoms with Crippen LogP contribution in [0.3, 0.4) is 0 Å². The van der Waals surface area contributed by atoms with E-state index in [0.717, 1.165) is 5.57 Å². The summed E-state index contributed by atoms with van der Waals surface area (Å²) < 4.78 is 13.2. The molecular weight excluding hydrogens is 272 g/mol. The SMILES string of the molecule is C/C(=C\N)C1=NC(I)=C(F)CN1. The normalized spacial score (nSPS) is 18.9. The predicted molar refractivity (Wildman–Crippen MR) is 55.5 cm³/mol. The van der Waals surface area contributed by atoms with Crippen LogP contribution in [0, 0.1) is 0 Å². The van der Waals surface area contributed by atoms with Gasteiger partial charge in [-0.2, -0.15) is 0 Å². The van der Waals surface area contributed by atoms with Crippen LogP contribution < -0.4 is 11.1 Å². The van der Waals surface area contributed by atoms with Crippen LogP contribution >= 0.6 is 22.6 Å². The molecule has 0 saturated heterocycles. The van der Waals surface area contributed by atoms with Crippen molar-refractivity contribution in [2.75, 3.05) is 6.54 Å². The number of nitrogens with zero attached hydrogens (tertiary/aromatic N) is 1. The summed E-state index contributed by atoms with van der Waals surface area (Å²) in [5.74, 6) is 0.410. The summed E-state index contributed by atoms with van der Waals surface area (Å²) in [6, 6.07) is 0. The Morgan fingerprint density at radius 2 is 2.50 bits per heavy atom. The summed E-state index contributed by atoms with van der Waals surface area (Å²) in [5.41, 5.74) is 6.10. The van der Waals surface area contributed by atoms with Gasteiger partial charge in [0.2, 0.25) is 0 Å². The topological polar surface area (TPSA) is 50.4 Å². The lowest BCUT2D eigenvalue weighted by atomic mass is 10.3. The van der Waals surface area contributed by atoms with E-state index in [9.17, 15) is 4.39 Å². The first kappa shape index (κ1) is 9.50. The largest absolute Gasteiger partial charge is 0.404 e. The summed E-state index contributed by atoms with van der Waals surface area (Å²) >= 11 is 1.86. The number of hydrogen-bond donors (Lipinski definition) is 2. The maximum atomic E-state index is 12.8. The molecule has 0 saturated carbocycles. The van der Waals surface area contributed by atoms with Gasteiger partial charge in [0.05, 0.1) is 6.54 Å². The van der Waals surface area contributed by atoms with E-state index in [4.69, 9.17) is 5.73 Å². The quantitative estimate of drug-likeness (QED) is 0.564. The van der Waals surface area contributed by atoms with E-state index in [1.165, 1.54) is 6.20 Å². The van der Waals surface area contributed by atoms with Crippen LogP contribution in [0.1, 0.15) is 6.92 Å². The van der Waals surface area contributed by atoms with Gasteiger partial charge in [-0.05, 0) is 29.5 Å². The van der Waals surface area contributed by atoms with Crippen molar-refractivity contribution in [1.29, 1.82) is 0 Å². The minimum Gasteiger partial charge on any atom is -0.404 e. The Morgan fingerprint density at radius 1 is 1.83 bits per heavy atom. The van der Waals surface area contributed by atoms with E-state index in [1.54, 1.807) is 0 Å². The van der Waals surface area contributed by atoms with E-state index in [0.29, 0.717) is 9.54 Å². The monoisotopic (exact) mass is 281 g/mol. The molecular formula is C7H9FIN3. The van der Waals surface area contributed by atoms with Gasteiger partial charge >= 0.3 is 0 Å². The van der Waals surface area contributed by atoms with E-state index >= 15 is 0 Å². The zero-order chi connectivity index (χ0) is 9.14. The smallest absolute Gasteiger partial charge is 0.151 e. The van der Waals surface area contributed by atoms with Crippen LogP contribution in [0.4, 0.5) is 4.39 Å². The Balaban J connectivity index is 2.91. The summed E-state index contributed by atoms with van der Waals surface area (Å²) in [4.78, 5) is 3.98. The minimum absolute atomic E-state index is 0.197. The molecule has 1 aliphatic heterocycles. The fraction of sp³-hybridized carbons (Fsp3) is 0.286. The van der Waals surface area contributed by atoms with Gasteiger partial charge in [-0.25, -0.2) is 9.38 Å². The third-order valence-electron chi connectivity index (χ3n) is 1.47. The fourth-order valence-corrected chi connectivity index (χ4v) is 1.17. The molecule has 0 unspecified atom stereocenters. The van der Waals surface area contributed by atoms with Crippen LogP contribution in [0.5, 0.6) is 0 Å². The molecule has 1 aliphatic rings. The average Bonchev–Trinajstić information content (AvgIpc) is 2.08. The van der Waals surface area contributed by atoms with E-state index in [-0.39, 0.29) is 12.4 Å². The second-order valence-corrected chi connectivity index (χ2v) is 3.38. The van der Waals surface area contributed by atoms with Gasteiger partial charge in [0.15, 0.2) is 5.83 Å². The van der Waals surface area contributed by atoms with Crippen LogP contribution in [0.25, 0.3) is 0 Å². The highest BCUT2D eigenvalue weighted by atomic mass is 127. The first-order valence-electron chi connectivity index (χ1n) is 3.40. The average molecular weight is 281 g/mol. The second-order valence-electron chi connectivity index (χ2n) is 2.36. The number of amidine groups is 1. The zero-order valence-electron chi connectivity index (χ0n) is 6.56. The molecule has 0 fully saturated rings. The Bertz CT molecular complexity index is 280. The summed E-state index contributed by atoms with van der Waals surface area (Å²) in [7, 11) is 0. The highest BCUT2D eigenvalue weighted by Crippen LogP contribution is 2.19. The molecule has 0 spiro atoms. The summed E-state index contributed by atoms with van der Waals surface area (Å²) in [5, 5.41) is 2.81. The minimum atomic E-state index is -0.232. The van der Waals surface area contributed by atoms with E-state index in [1.807, 2.05) is 29.5 Å². The predicted octanol–water partition coefficient (Wildman–Crippen LogP) is 1.42. The number of nitrogens with one attached hydrogen (secondary N) is 1. The highest BCUT2D eigenvalue weighted by molar-refractivity contribution is 14.1. The number of hydrogen-bond acceptors (Lipinski definition) is 3. The molecule has 3 nitrogen and oxygen atoms in total. The van der Waals surface area contributed by atoms with E-state index < -0.39 is 0 Å². The van der Waals surface area contributed by atoms with Crippen molar-refractivity contribution in [2.45, 2.75) is 6.92 Å². The van der Waals surface area contributed by atoms with Gasteiger partial charge in [0.1, 0.15) is 9.54 Å². The Labute approximate surface area is 83.8 Å². The van der Waals surface area contributed by atoms with Crippen molar-refractivity contribution in [2.24, 2.45) is 10.7 Å². The molecule has 0 atom stereocenters. The van der Waals surface area contributed by atoms with Gasteiger partial charge < -0.3 is 11.1 Å². The highest BCUT2D eigenvalue weighted by Gasteiger charge is 2.12. The molecule has 0 bridgehead atoms. The second kappa shape index (κ2) is 3.88. The van der Waals surface area contributed by atoms with Crippen molar-refractivity contribution in [3.63, 3.8) is 0 Å². The summed E-state index contributed by atoms with van der Waals surface area (Å²) in [6.07, 6.45) is 1.44. The molecule has 0 radical (unpaired) electrons. The van der Waals surface area contributed by atoms with Crippen LogP contribution in [-0.4, -0.2) is 12.4 Å². The van der Waals surface area contributed by atoms with Gasteiger partial charge in [0.25, 0.3) is 0 Å².